The lowest BCUT2D eigenvalue weighted by Gasteiger charge is -2.20. The molecule has 0 aliphatic rings. The van der Waals surface area contributed by atoms with Crippen molar-refractivity contribution in [1.29, 1.82) is 0 Å². The monoisotopic (exact) mass is 238 g/mol. The van der Waals surface area contributed by atoms with E-state index in [-0.39, 0.29) is 0 Å². The van der Waals surface area contributed by atoms with E-state index in [4.69, 9.17) is 9.47 Å². The molecule has 1 aromatic rings. The predicted molar refractivity (Wildman–Crippen MR) is 63.4 cm³/mol. The molecule has 1 aromatic carbocycles. The minimum atomic E-state index is -0.862. The van der Waals surface area contributed by atoms with Crippen LogP contribution in [0.2, 0.25) is 0 Å². The third-order valence-electron chi connectivity index (χ3n) is 2.66. The first-order valence-corrected chi connectivity index (χ1v) is 5.50. The van der Waals surface area contributed by atoms with E-state index in [2.05, 4.69) is 0 Å². The number of carbonyl (C=O) groups excluding carboxylic acids is 1. The van der Waals surface area contributed by atoms with E-state index >= 15 is 0 Å². The van der Waals surface area contributed by atoms with Crippen LogP contribution in [-0.2, 0) is 14.3 Å². The minimum Gasteiger partial charge on any atom is -0.469 e. The normalized spacial score (nSPS) is 14.1. The van der Waals surface area contributed by atoms with Crippen LogP contribution in [0.1, 0.15) is 18.1 Å². The first kappa shape index (κ1) is 13.7. The molecule has 2 unspecified atom stereocenters. The Hall–Kier alpha value is -1.39. The van der Waals surface area contributed by atoms with E-state index in [1.165, 1.54) is 7.11 Å². The lowest BCUT2D eigenvalue weighted by atomic mass is 9.93. The molecule has 4 heteroatoms. The molecule has 0 aromatic heterocycles. The summed E-state index contributed by atoms with van der Waals surface area (Å²) in [7, 11) is 2.88. The van der Waals surface area contributed by atoms with Gasteiger partial charge >= 0.3 is 5.97 Å². The summed E-state index contributed by atoms with van der Waals surface area (Å²) >= 11 is 0. The van der Waals surface area contributed by atoms with Gasteiger partial charge in [0.1, 0.15) is 0 Å². The molecule has 0 aliphatic heterocycles. The molecule has 0 amide bonds. The zero-order valence-corrected chi connectivity index (χ0v) is 10.1. The highest BCUT2D eigenvalue weighted by Gasteiger charge is 2.28. The molecule has 2 atom stereocenters. The second-order valence-electron chi connectivity index (χ2n) is 3.77. The van der Waals surface area contributed by atoms with Gasteiger partial charge in [-0.1, -0.05) is 30.3 Å². The molecule has 0 saturated heterocycles. The van der Waals surface area contributed by atoms with Gasteiger partial charge in [0.25, 0.3) is 0 Å². The Labute approximate surface area is 101 Å². The fourth-order valence-electron chi connectivity index (χ4n) is 1.68. The fraction of sp³-hybridized carbons (Fsp3) is 0.462. The lowest BCUT2D eigenvalue weighted by Crippen LogP contribution is -2.25. The Morgan fingerprint density at radius 3 is 2.47 bits per heavy atom. The van der Waals surface area contributed by atoms with E-state index < -0.39 is 18.0 Å². The van der Waals surface area contributed by atoms with E-state index in [0.717, 1.165) is 0 Å². The standard InChI is InChI=1S/C13H18O4/c1-16-9-8-11(13(15)17-2)12(14)10-6-4-3-5-7-10/h3-7,11-12,14H,8-9H2,1-2H3. The Balaban J connectivity index is 2.78. The van der Waals surface area contributed by atoms with Crippen LogP contribution in [0.15, 0.2) is 30.3 Å². The van der Waals surface area contributed by atoms with Crippen LogP contribution in [0.4, 0.5) is 0 Å². The van der Waals surface area contributed by atoms with Crippen LogP contribution in [0.5, 0.6) is 0 Å². The number of methoxy groups -OCH3 is 2. The number of ether oxygens (including phenoxy) is 2. The van der Waals surface area contributed by atoms with E-state index in [1.54, 1.807) is 19.2 Å². The van der Waals surface area contributed by atoms with Crippen molar-refractivity contribution in [2.75, 3.05) is 20.8 Å². The Kier molecular flexibility index (Phi) is 5.66. The van der Waals surface area contributed by atoms with Gasteiger partial charge in [0.15, 0.2) is 0 Å². The first-order valence-electron chi connectivity index (χ1n) is 5.50. The molecule has 0 spiro atoms. The van der Waals surface area contributed by atoms with Gasteiger partial charge < -0.3 is 14.6 Å². The predicted octanol–water partition coefficient (Wildman–Crippen LogP) is 1.55. The highest BCUT2D eigenvalue weighted by atomic mass is 16.5. The number of aliphatic hydroxyl groups excluding tert-OH is 1. The Bertz CT molecular complexity index is 337. The summed E-state index contributed by atoms with van der Waals surface area (Å²) in [5.41, 5.74) is 0.707. The fourth-order valence-corrected chi connectivity index (χ4v) is 1.68. The Morgan fingerprint density at radius 1 is 1.29 bits per heavy atom. The highest BCUT2D eigenvalue weighted by molar-refractivity contribution is 5.73. The summed E-state index contributed by atoms with van der Waals surface area (Å²) < 4.78 is 9.63. The Morgan fingerprint density at radius 2 is 1.94 bits per heavy atom. The van der Waals surface area contributed by atoms with E-state index in [0.29, 0.717) is 18.6 Å². The van der Waals surface area contributed by atoms with Gasteiger partial charge in [-0.3, -0.25) is 4.79 Å². The molecule has 4 nitrogen and oxygen atoms in total. The second kappa shape index (κ2) is 7.04. The summed E-state index contributed by atoms with van der Waals surface area (Å²) in [6.07, 6.45) is -0.432. The van der Waals surface area contributed by atoms with Gasteiger partial charge in [0.2, 0.25) is 0 Å². The second-order valence-corrected chi connectivity index (χ2v) is 3.77. The van der Waals surface area contributed by atoms with Crippen molar-refractivity contribution >= 4 is 5.97 Å². The topological polar surface area (TPSA) is 55.8 Å². The molecule has 0 radical (unpaired) electrons. The molecule has 94 valence electrons. The third kappa shape index (κ3) is 3.84. The number of aliphatic hydroxyl groups is 1. The van der Waals surface area contributed by atoms with Crippen molar-refractivity contribution in [3.63, 3.8) is 0 Å². The molecular formula is C13H18O4. The van der Waals surface area contributed by atoms with Crippen molar-refractivity contribution in [2.45, 2.75) is 12.5 Å². The van der Waals surface area contributed by atoms with E-state index in [1.807, 2.05) is 18.2 Å². The van der Waals surface area contributed by atoms with Crippen LogP contribution in [0.3, 0.4) is 0 Å². The maximum absolute atomic E-state index is 11.6. The third-order valence-corrected chi connectivity index (χ3v) is 2.66. The number of carbonyl (C=O) groups is 1. The van der Waals surface area contributed by atoms with Crippen molar-refractivity contribution in [1.82, 2.24) is 0 Å². The first-order chi connectivity index (χ1) is 8.20. The smallest absolute Gasteiger partial charge is 0.311 e. The zero-order chi connectivity index (χ0) is 12.7. The van der Waals surface area contributed by atoms with Crippen molar-refractivity contribution < 1.29 is 19.4 Å². The molecule has 1 rings (SSSR count). The number of esters is 1. The molecule has 0 fully saturated rings. The van der Waals surface area contributed by atoms with Crippen molar-refractivity contribution in [3.05, 3.63) is 35.9 Å². The van der Waals surface area contributed by atoms with Crippen LogP contribution in [-0.4, -0.2) is 31.9 Å². The summed E-state index contributed by atoms with van der Waals surface area (Å²) in [6.45, 7) is 0.406. The van der Waals surface area contributed by atoms with Gasteiger partial charge in [-0.25, -0.2) is 0 Å². The quantitative estimate of drug-likeness (QED) is 0.764. The minimum absolute atomic E-state index is 0.406. The van der Waals surface area contributed by atoms with Gasteiger partial charge in [-0.05, 0) is 12.0 Å². The van der Waals surface area contributed by atoms with Gasteiger partial charge in [0.05, 0.1) is 19.1 Å². The van der Waals surface area contributed by atoms with Crippen LogP contribution < -0.4 is 0 Å². The lowest BCUT2D eigenvalue weighted by molar-refractivity contribution is -0.150. The van der Waals surface area contributed by atoms with Crippen molar-refractivity contribution in [2.24, 2.45) is 5.92 Å². The highest BCUT2D eigenvalue weighted by Crippen LogP contribution is 2.25. The van der Waals surface area contributed by atoms with Crippen LogP contribution in [0.25, 0.3) is 0 Å². The molecule has 0 saturated carbocycles. The largest absolute Gasteiger partial charge is 0.469 e. The molecule has 1 N–H and O–H groups in total. The van der Waals surface area contributed by atoms with Gasteiger partial charge in [-0.15, -0.1) is 0 Å². The molecule has 0 heterocycles. The number of hydrogen-bond donors (Lipinski definition) is 1. The molecular weight excluding hydrogens is 220 g/mol. The average molecular weight is 238 g/mol. The summed E-state index contributed by atoms with van der Waals surface area (Å²) in [4.78, 5) is 11.6. The SMILES string of the molecule is COCCC(C(=O)OC)C(O)c1ccccc1. The van der Waals surface area contributed by atoms with Crippen LogP contribution >= 0.6 is 0 Å². The summed E-state index contributed by atoms with van der Waals surface area (Å²) in [5.74, 6) is -1.01. The maximum Gasteiger partial charge on any atom is 0.311 e. The van der Waals surface area contributed by atoms with Gasteiger partial charge in [0, 0.05) is 13.7 Å². The molecule has 0 aliphatic carbocycles. The van der Waals surface area contributed by atoms with Gasteiger partial charge in [-0.2, -0.15) is 0 Å². The number of rotatable bonds is 6. The summed E-state index contributed by atoms with van der Waals surface area (Å²) in [6, 6.07) is 9.08. The zero-order valence-electron chi connectivity index (χ0n) is 10.1. The van der Waals surface area contributed by atoms with Crippen LogP contribution in [0, 0.1) is 5.92 Å². The molecule has 0 bridgehead atoms. The summed E-state index contributed by atoms with van der Waals surface area (Å²) in [5, 5.41) is 10.2. The number of hydrogen-bond acceptors (Lipinski definition) is 4. The average Bonchev–Trinajstić information content (AvgIpc) is 2.39. The number of benzene rings is 1. The van der Waals surface area contributed by atoms with E-state index in [9.17, 15) is 9.90 Å². The molecule has 17 heavy (non-hydrogen) atoms. The maximum atomic E-state index is 11.6. The van der Waals surface area contributed by atoms with Crippen molar-refractivity contribution in [3.8, 4) is 0 Å².